The third kappa shape index (κ3) is 3.11. The number of nitriles is 1. The number of nitrogens with zero attached hydrogens (tertiary/aromatic N) is 2. The Balaban J connectivity index is 1.70. The van der Waals surface area contributed by atoms with E-state index in [0.717, 1.165) is 16.0 Å². The number of furan rings is 1. The summed E-state index contributed by atoms with van der Waals surface area (Å²) in [4.78, 5) is 37.5. The van der Waals surface area contributed by atoms with E-state index >= 15 is 0 Å². The highest BCUT2D eigenvalue weighted by Crippen LogP contribution is 2.31. The van der Waals surface area contributed by atoms with Crippen LogP contribution >= 0.6 is 0 Å². The Kier molecular flexibility index (Phi) is 4.82. The molecule has 30 heavy (non-hydrogen) atoms. The quantitative estimate of drug-likeness (QED) is 0.471. The fourth-order valence-electron chi connectivity index (χ4n) is 3.45. The Bertz CT molecular complexity index is 1190. The molecule has 0 aliphatic carbocycles. The lowest BCUT2D eigenvalue weighted by molar-refractivity contribution is -0.141. The van der Waals surface area contributed by atoms with Gasteiger partial charge in [-0.15, -0.1) is 0 Å². The highest BCUT2D eigenvalue weighted by molar-refractivity contribution is 6.19. The predicted octanol–water partition coefficient (Wildman–Crippen LogP) is 2.20. The Morgan fingerprint density at radius 2 is 2.00 bits per heavy atom. The average molecular weight is 404 g/mol. The van der Waals surface area contributed by atoms with Gasteiger partial charge in [0.2, 0.25) is 0 Å². The standard InChI is InChI=1S/C22H16N2O6/c1-12-17(20(26)24(6-7-25)21(27)18(12)10-23)9-15-3-5-19(30-15)13-2-4-16-14(8-13)11-29-22(16)28/h2-5,8-9,25H,6-7,11H2,1H3/b17-9-. The van der Waals surface area contributed by atoms with E-state index in [0.29, 0.717) is 17.1 Å². The Hall–Kier alpha value is -3.96. The molecule has 0 radical (unpaired) electrons. The minimum Gasteiger partial charge on any atom is -0.457 e. The van der Waals surface area contributed by atoms with Gasteiger partial charge < -0.3 is 14.3 Å². The summed E-state index contributed by atoms with van der Waals surface area (Å²) >= 11 is 0. The highest BCUT2D eigenvalue weighted by Gasteiger charge is 2.35. The lowest BCUT2D eigenvalue weighted by Gasteiger charge is -2.26. The van der Waals surface area contributed by atoms with Crippen molar-refractivity contribution in [3.63, 3.8) is 0 Å². The molecule has 8 heteroatoms. The number of rotatable bonds is 4. The smallest absolute Gasteiger partial charge is 0.338 e. The summed E-state index contributed by atoms with van der Waals surface area (Å²) in [6.07, 6.45) is 1.47. The molecule has 0 bridgehead atoms. The van der Waals surface area contributed by atoms with Crippen LogP contribution in [0.1, 0.15) is 28.6 Å². The number of β-amino-alcohol motifs (C(OH)–C–C–N with tert-alkyl or cyclic N) is 1. The molecule has 0 atom stereocenters. The molecule has 1 aromatic carbocycles. The molecule has 1 N–H and O–H groups in total. The molecule has 0 spiro atoms. The van der Waals surface area contributed by atoms with Gasteiger partial charge in [-0.2, -0.15) is 5.26 Å². The molecular formula is C22H16N2O6. The second-order valence-corrected chi connectivity index (χ2v) is 6.81. The van der Waals surface area contributed by atoms with Crippen LogP contribution in [0.15, 0.2) is 51.5 Å². The summed E-state index contributed by atoms with van der Waals surface area (Å²) in [5.74, 6) is -0.790. The number of cyclic esters (lactones) is 1. The SMILES string of the molecule is CC1=C(C#N)C(=O)N(CCO)C(=O)/C1=C\c1ccc(-c2ccc3c(c2)COC3=O)o1. The van der Waals surface area contributed by atoms with E-state index in [1.807, 2.05) is 12.1 Å². The van der Waals surface area contributed by atoms with Crippen LogP contribution in [0.2, 0.25) is 0 Å². The van der Waals surface area contributed by atoms with Crippen molar-refractivity contribution >= 4 is 23.9 Å². The minimum absolute atomic E-state index is 0.147. The van der Waals surface area contributed by atoms with E-state index in [-0.39, 0.29) is 35.8 Å². The zero-order valence-corrected chi connectivity index (χ0v) is 16.0. The minimum atomic E-state index is -0.721. The Labute approximate surface area is 171 Å². The first kappa shape index (κ1) is 19.4. The van der Waals surface area contributed by atoms with Crippen molar-refractivity contribution in [2.24, 2.45) is 0 Å². The van der Waals surface area contributed by atoms with Crippen molar-refractivity contribution in [3.05, 3.63) is 63.9 Å². The van der Waals surface area contributed by atoms with E-state index in [2.05, 4.69) is 0 Å². The number of imide groups is 1. The first-order chi connectivity index (χ1) is 14.4. The normalized spacial score (nSPS) is 17.4. The zero-order chi connectivity index (χ0) is 21.4. The van der Waals surface area contributed by atoms with E-state index in [4.69, 9.17) is 14.3 Å². The third-order valence-corrected chi connectivity index (χ3v) is 5.03. The van der Waals surface area contributed by atoms with Gasteiger partial charge in [0.1, 0.15) is 29.8 Å². The maximum absolute atomic E-state index is 12.7. The molecule has 2 amide bonds. The number of carbonyl (C=O) groups excluding carboxylic acids is 3. The Morgan fingerprint density at radius 1 is 1.20 bits per heavy atom. The first-order valence-corrected chi connectivity index (χ1v) is 9.15. The maximum Gasteiger partial charge on any atom is 0.338 e. The van der Waals surface area contributed by atoms with E-state index in [9.17, 15) is 19.6 Å². The molecule has 0 saturated heterocycles. The van der Waals surface area contributed by atoms with Gasteiger partial charge in [-0.1, -0.05) is 6.07 Å². The van der Waals surface area contributed by atoms with Crippen LogP contribution in [0.25, 0.3) is 17.4 Å². The topological polar surface area (TPSA) is 121 Å². The van der Waals surface area contributed by atoms with Crippen molar-refractivity contribution in [2.75, 3.05) is 13.2 Å². The van der Waals surface area contributed by atoms with Gasteiger partial charge in [-0.25, -0.2) is 4.79 Å². The molecular weight excluding hydrogens is 388 g/mol. The van der Waals surface area contributed by atoms with Crippen LogP contribution in [-0.4, -0.2) is 40.9 Å². The third-order valence-electron chi connectivity index (χ3n) is 5.03. The molecule has 4 rings (SSSR count). The van der Waals surface area contributed by atoms with Gasteiger partial charge in [0.05, 0.1) is 18.7 Å². The number of hydrogen-bond acceptors (Lipinski definition) is 7. The van der Waals surface area contributed by atoms with Crippen molar-refractivity contribution < 1.29 is 28.6 Å². The van der Waals surface area contributed by atoms with Gasteiger partial charge in [-0.05, 0) is 42.8 Å². The number of aliphatic hydroxyl groups is 1. The summed E-state index contributed by atoms with van der Waals surface area (Å²) in [6.45, 7) is 1.13. The zero-order valence-electron chi connectivity index (χ0n) is 16.0. The van der Waals surface area contributed by atoms with Crippen LogP contribution in [0.5, 0.6) is 0 Å². The van der Waals surface area contributed by atoms with Gasteiger partial charge in [0.25, 0.3) is 11.8 Å². The number of ether oxygens (including phenoxy) is 1. The molecule has 1 aromatic heterocycles. The number of hydrogen-bond donors (Lipinski definition) is 1. The number of amides is 2. The molecule has 3 heterocycles. The molecule has 2 aliphatic rings. The average Bonchev–Trinajstić information content (AvgIpc) is 3.35. The molecule has 8 nitrogen and oxygen atoms in total. The van der Waals surface area contributed by atoms with Gasteiger partial charge in [0, 0.05) is 16.7 Å². The van der Waals surface area contributed by atoms with Crippen LogP contribution in [0.3, 0.4) is 0 Å². The number of benzene rings is 1. The largest absolute Gasteiger partial charge is 0.457 e. The number of aliphatic hydroxyl groups excluding tert-OH is 1. The van der Waals surface area contributed by atoms with E-state index in [1.54, 1.807) is 24.3 Å². The van der Waals surface area contributed by atoms with Crippen LogP contribution in [0, 0.1) is 11.3 Å². The van der Waals surface area contributed by atoms with Crippen LogP contribution in [-0.2, 0) is 20.9 Å². The van der Waals surface area contributed by atoms with Gasteiger partial charge in [0.15, 0.2) is 0 Å². The summed E-state index contributed by atoms with van der Waals surface area (Å²) in [6, 6.07) is 10.4. The summed E-state index contributed by atoms with van der Waals surface area (Å²) in [7, 11) is 0. The van der Waals surface area contributed by atoms with E-state index < -0.39 is 18.4 Å². The van der Waals surface area contributed by atoms with Crippen LogP contribution in [0.4, 0.5) is 0 Å². The molecule has 0 unspecified atom stereocenters. The van der Waals surface area contributed by atoms with Crippen molar-refractivity contribution in [2.45, 2.75) is 13.5 Å². The second kappa shape index (κ2) is 7.46. The van der Waals surface area contributed by atoms with Crippen molar-refractivity contribution in [3.8, 4) is 17.4 Å². The predicted molar refractivity (Wildman–Crippen MR) is 103 cm³/mol. The number of esters is 1. The molecule has 0 saturated carbocycles. The number of carbonyl (C=O) groups is 3. The fourth-order valence-corrected chi connectivity index (χ4v) is 3.45. The summed E-state index contributed by atoms with van der Waals surface area (Å²) in [5, 5.41) is 18.5. The van der Waals surface area contributed by atoms with Crippen molar-refractivity contribution in [1.82, 2.24) is 4.90 Å². The van der Waals surface area contributed by atoms with Crippen molar-refractivity contribution in [1.29, 1.82) is 5.26 Å². The first-order valence-electron chi connectivity index (χ1n) is 9.15. The lowest BCUT2D eigenvalue weighted by Crippen LogP contribution is -2.44. The maximum atomic E-state index is 12.7. The lowest BCUT2D eigenvalue weighted by atomic mass is 9.95. The fraction of sp³-hybridized carbons (Fsp3) is 0.182. The molecule has 2 aromatic rings. The summed E-state index contributed by atoms with van der Waals surface area (Å²) in [5.41, 5.74) is 2.30. The summed E-state index contributed by atoms with van der Waals surface area (Å²) < 4.78 is 10.8. The monoisotopic (exact) mass is 404 g/mol. The van der Waals surface area contributed by atoms with Crippen LogP contribution < -0.4 is 0 Å². The molecule has 150 valence electrons. The number of fused-ring (bicyclic) bond motifs is 1. The Morgan fingerprint density at radius 3 is 2.73 bits per heavy atom. The molecule has 0 fully saturated rings. The highest BCUT2D eigenvalue weighted by atomic mass is 16.5. The second-order valence-electron chi connectivity index (χ2n) is 6.81. The van der Waals surface area contributed by atoms with Gasteiger partial charge >= 0.3 is 5.97 Å². The van der Waals surface area contributed by atoms with Gasteiger partial charge in [-0.3, -0.25) is 14.5 Å². The molecule has 2 aliphatic heterocycles. The van der Waals surface area contributed by atoms with E-state index in [1.165, 1.54) is 13.0 Å².